The lowest BCUT2D eigenvalue weighted by Gasteiger charge is -2.21. The summed E-state index contributed by atoms with van der Waals surface area (Å²) in [5, 5.41) is 0. The van der Waals surface area contributed by atoms with Crippen molar-refractivity contribution in [1.82, 2.24) is 0 Å². The minimum atomic E-state index is -3.67. The van der Waals surface area contributed by atoms with E-state index in [0.29, 0.717) is 6.26 Å². The summed E-state index contributed by atoms with van der Waals surface area (Å²) in [6.45, 7) is 13.2. The average Bonchev–Trinajstić information content (AvgIpc) is 2.64. The van der Waals surface area contributed by atoms with Crippen LogP contribution in [0.25, 0.3) is 22.3 Å². The second-order valence-electron chi connectivity index (χ2n) is 9.92. The summed E-state index contributed by atoms with van der Waals surface area (Å²) in [5.41, 5.74) is 4.49. The van der Waals surface area contributed by atoms with Gasteiger partial charge in [0.05, 0.1) is 6.26 Å². The number of hydrogen-bond acceptors (Lipinski definition) is 5. The summed E-state index contributed by atoms with van der Waals surface area (Å²) in [7, 11) is -7.01. The Bertz CT molecular complexity index is 1220. The monoisotopic (exact) mass is 534 g/mol. The van der Waals surface area contributed by atoms with Gasteiger partial charge in [-0.25, -0.2) is 0 Å². The van der Waals surface area contributed by atoms with E-state index in [2.05, 4.69) is 87.8 Å². The van der Waals surface area contributed by atoms with Crippen LogP contribution in [0.2, 0.25) is 39.3 Å². The molecule has 1 N–H and O–H groups in total. The van der Waals surface area contributed by atoms with E-state index in [1.807, 2.05) is 18.2 Å². The zero-order valence-corrected chi connectivity index (χ0v) is 24.5. The Morgan fingerprint density at radius 3 is 1.62 bits per heavy atom. The third-order valence-electron chi connectivity index (χ3n) is 4.16. The standard InChI is InChI=1S/C24H30O2SSi2.CH4O3S/c1-28(2,3)25-20-12-7-10-18(16-20)22-14-9-15-23(27)24(22)19-11-8-13-21(17-19)26-29(4,5)6;1-5(2,3)4/h7-17,27H,1-6H3;1H3,(H,2,3,4). The van der Waals surface area contributed by atoms with Crippen molar-refractivity contribution in [3.8, 4) is 33.8 Å². The molecule has 0 aliphatic carbocycles. The van der Waals surface area contributed by atoms with E-state index in [-0.39, 0.29) is 0 Å². The first-order valence-corrected chi connectivity index (χ1v) is 20.0. The zero-order chi connectivity index (χ0) is 25.7. The first-order valence-electron chi connectivity index (χ1n) is 10.9. The van der Waals surface area contributed by atoms with Crippen molar-refractivity contribution in [3.05, 3.63) is 66.7 Å². The molecule has 0 fully saturated rings. The summed E-state index contributed by atoms with van der Waals surface area (Å²) < 4.78 is 38.3. The number of rotatable bonds is 6. The predicted octanol–water partition coefficient (Wildman–Crippen LogP) is 7.24. The molecule has 0 aliphatic rings. The second kappa shape index (κ2) is 11.1. The van der Waals surface area contributed by atoms with E-state index in [1.165, 1.54) is 0 Å². The molecule has 0 amide bonds. The molecule has 3 aromatic carbocycles. The number of hydrogen-bond donors (Lipinski definition) is 2. The molecule has 34 heavy (non-hydrogen) atoms. The van der Waals surface area contributed by atoms with E-state index in [9.17, 15) is 8.42 Å². The SMILES string of the molecule is CS(=O)(=O)O.C[Si](C)(C)Oc1cccc(-c2cccc(S)c2-c2cccc(O[Si](C)(C)C)c2)c1. The molecular formula is C25H34O5S2Si2. The second-order valence-corrected chi connectivity index (χ2v) is 20.7. The van der Waals surface area contributed by atoms with Crippen LogP contribution in [0.4, 0.5) is 0 Å². The van der Waals surface area contributed by atoms with Gasteiger partial charge < -0.3 is 8.85 Å². The van der Waals surface area contributed by atoms with Crippen molar-refractivity contribution in [2.45, 2.75) is 44.2 Å². The Hall–Kier alpha value is -2.05. The number of benzene rings is 3. The Morgan fingerprint density at radius 2 is 1.15 bits per heavy atom. The summed E-state index contributed by atoms with van der Waals surface area (Å²) in [4.78, 5) is 0.948. The van der Waals surface area contributed by atoms with Gasteiger partial charge in [0.1, 0.15) is 11.5 Å². The van der Waals surface area contributed by atoms with E-state index < -0.39 is 26.8 Å². The van der Waals surface area contributed by atoms with Gasteiger partial charge in [0.2, 0.25) is 16.6 Å². The summed E-state index contributed by atoms with van der Waals surface area (Å²) in [6, 6.07) is 22.9. The molecule has 0 heterocycles. The Labute approximate surface area is 211 Å². The Balaban J connectivity index is 0.000000739. The van der Waals surface area contributed by atoms with Crippen molar-refractivity contribution >= 4 is 39.4 Å². The molecule has 184 valence electrons. The maximum absolute atomic E-state index is 9.19. The largest absolute Gasteiger partial charge is 0.544 e. The van der Waals surface area contributed by atoms with Crippen molar-refractivity contribution in [2.75, 3.05) is 6.26 Å². The molecule has 0 bridgehead atoms. The first-order chi connectivity index (χ1) is 15.5. The Morgan fingerprint density at radius 1 is 0.735 bits per heavy atom. The van der Waals surface area contributed by atoms with Crippen molar-refractivity contribution in [2.24, 2.45) is 0 Å². The fraction of sp³-hybridized carbons (Fsp3) is 0.280. The van der Waals surface area contributed by atoms with Crippen LogP contribution < -0.4 is 8.85 Å². The molecule has 0 aromatic heterocycles. The lowest BCUT2D eigenvalue weighted by Crippen LogP contribution is -2.29. The van der Waals surface area contributed by atoms with E-state index in [1.54, 1.807) is 0 Å². The molecule has 0 unspecified atom stereocenters. The summed E-state index contributed by atoms with van der Waals surface area (Å²) in [6.07, 6.45) is 0.715. The molecule has 0 spiro atoms. The molecule has 0 saturated carbocycles. The van der Waals surface area contributed by atoms with Crippen LogP contribution in [0.3, 0.4) is 0 Å². The van der Waals surface area contributed by atoms with E-state index >= 15 is 0 Å². The highest BCUT2D eigenvalue weighted by Gasteiger charge is 2.19. The molecule has 5 nitrogen and oxygen atoms in total. The highest BCUT2D eigenvalue weighted by atomic mass is 32.2. The van der Waals surface area contributed by atoms with Gasteiger partial charge in [0.25, 0.3) is 10.1 Å². The molecule has 3 aromatic rings. The van der Waals surface area contributed by atoms with Crippen LogP contribution in [0.1, 0.15) is 0 Å². The quantitative estimate of drug-likeness (QED) is 0.198. The van der Waals surface area contributed by atoms with Gasteiger partial charge in [-0.3, -0.25) is 4.55 Å². The highest BCUT2D eigenvalue weighted by molar-refractivity contribution is 7.85. The molecule has 0 aliphatic heterocycles. The highest BCUT2D eigenvalue weighted by Crippen LogP contribution is 2.39. The first kappa shape index (κ1) is 28.2. The van der Waals surface area contributed by atoms with Gasteiger partial charge in [-0.15, -0.1) is 12.6 Å². The molecule has 9 heteroatoms. The normalized spacial score (nSPS) is 11.9. The minimum absolute atomic E-state index is 0.715. The van der Waals surface area contributed by atoms with Crippen LogP contribution in [0.15, 0.2) is 71.6 Å². The van der Waals surface area contributed by atoms with Gasteiger partial charge in [0.15, 0.2) is 0 Å². The third kappa shape index (κ3) is 10.1. The van der Waals surface area contributed by atoms with Crippen LogP contribution >= 0.6 is 12.6 Å². The lowest BCUT2D eigenvalue weighted by molar-refractivity contribution is 0.490. The Kier molecular flexibility index (Phi) is 9.23. The van der Waals surface area contributed by atoms with E-state index in [4.69, 9.17) is 26.0 Å². The summed E-state index contributed by atoms with van der Waals surface area (Å²) >= 11 is 4.79. The summed E-state index contributed by atoms with van der Waals surface area (Å²) in [5.74, 6) is 1.84. The molecule has 3 rings (SSSR count). The van der Waals surface area contributed by atoms with Crippen LogP contribution in [0.5, 0.6) is 11.5 Å². The van der Waals surface area contributed by atoms with Gasteiger partial charge in [-0.2, -0.15) is 8.42 Å². The van der Waals surface area contributed by atoms with Crippen molar-refractivity contribution < 1.29 is 21.8 Å². The molecule has 0 saturated heterocycles. The van der Waals surface area contributed by atoms with Gasteiger partial charge in [-0.1, -0.05) is 36.4 Å². The molecular weight excluding hydrogens is 501 g/mol. The predicted molar refractivity (Wildman–Crippen MR) is 150 cm³/mol. The lowest BCUT2D eigenvalue weighted by atomic mass is 9.94. The number of thiol groups is 1. The van der Waals surface area contributed by atoms with E-state index in [0.717, 1.165) is 38.6 Å². The maximum atomic E-state index is 9.19. The van der Waals surface area contributed by atoms with Gasteiger partial charge in [-0.05, 0) is 86.3 Å². The average molecular weight is 535 g/mol. The zero-order valence-electron chi connectivity index (χ0n) is 20.8. The molecule has 0 atom stereocenters. The van der Waals surface area contributed by atoms with Crippen molar-refractivity contribution in [3.63, 3.8) is 0 Å². The third-order valence-corrected chi connectivity index (χ3v) is 6.23. The van der Waals surface area contributed by atoms with Crippen molar-refractivity contribution in [1.29, 1.82) is 0 Å². The molecule has 0 radical (unpaired) electrons. The fourth-order valence-corrected chi connectivity index (χ4v) is 5.24. The van der Waals surface area contributed by atoms with Crippen LogP contribution in [0, 0.1) is 0 Å². The smallest absolute Gasteiger partial charge is 0.261 e. The minimum Gasteiger partial charge on any atom is -0.544 e. The van der Waals surface area contributed by atoms with Gasteiger partial charge >= 0.3 is 0 Å². The maximum Gasteiger partial charge on any atom is 0.261 e. The van der Waals surface area contributed by atoms with Crippen LogP contribution in [-0.4, -0.2) is 35.9 Å². The fourth-order valence-electron chi connectivity index (χ4n) is 3.23. The van der Waals surface area contributed by atoms with Gasteiger partial charge in [0, 0.05) is 10.5 Å². The topological polar surface area (TPSA) is 72.8 Å². The van der Waals surface area contributed by atoms with Crippen LogP contribution in [-0.2, 0) is 10.1 Å².